The number of methoxy groups -OCH3 is 1. The van der Waals surface area contributed by atoms with E-state index in [4.69, 9.17) is 4.74 Å². The molecule has 1 aliphatic heterocycles. The van der Waals surface area contributed by atoms with Crippen LogP contribution in [-0.2, 0) is 4.74 Å². The van der Waals surface area contributed by atoms with Gasteiger partial charge in [0.05, 0.1) is 6.61 Å². The molecule has 94 valence electrons. The Bertz CT molecular complexity index is 208. The van der Waals surface area contributed by atoms with Crippen LogP contribution in [-0.4, -0.2) is 50.0 Å². The van der Waals surface area contributed by atoms with Gasteiger partial charge in [-0.2, -0.15) is 0 Å². The maximum atomic E-state index is 9.56. The van der Waals surface area contributed by atoms with Crippen molar-refractivity contribution in [3.8, 4) is 0 Å². The van der Waals surface area contributed by atoms with Crippen molar-refractivity contribution >= 4 is 0 Å². The van der Waals surface area contributed by atoms with Gasteiger partial charge in [-0.05, 0) is 32.2 Å². The molecule has 0 aromatic carbocycles. The Morgan fingerprint density at radius 3 is 3.00 bits per heavy atom. The molecule has 0 amide bonds. The number of rotatable bonds is 7. The number of likely N-dealkylation sites (tertiary alicyclic amines) is 1. The molecule has 1 rings (SSSR count). The SMILES string of the molecule is C=CC[C@@]1(CO)CCCN(CCCOC)C1. The molecule has 1 N–H and O–H groups in total. The molecule has 1 aliphatic rings. The minimum atomic E-state index is 0.0626. The fourth-order valence-corrected chi connectivity index (χ4v) is 2.60. The zero-order valence-corrected chi connectivity index (χ0v) is 10.5. The van der Waals surface area contributed by atoms with E-state index in [1.165, 1.54) is 6.42 Å². The van der Waals surface area contributed by atoms with Gasteiger partial charge in [0, 0.05) is 32.2 Å². The molecule has 1 saturated heterocycles. The molecular formula is C13H25NO2. The zero-order chi connectivity index (χ0) is 11.9. The highest BCUT2D eigenvalue weighted by molar-refractivity contribution is 4.91. The highest BCUT2D eigenvalue weighted by atomic mass is 16.5. The Hall–Kier alpha value is -0.380. The van der Waals surface area contributed by atoms with Crippen molar-refractivity contribution in [1.29, 1.82) is 0 Å². The molecule has 0 saturated carbocycles. The zero-order valence-electron chi connectivity index (χ0n) is 10.5. The van der Waals surface area contributed by atoms with Crippen LogP contribution in [0.25, 0.3) is 0 Å². The Morgan fingerprint density at radius 1 is 1.56 bits per heavy atom. The standard InChI is InChI=1S/C13H25NO2/c1-3-6-13(12-15)7-4-8-14(11-13)9-5-10-16-2/h3,15H,1,4-12H2,2H3/t13-/m1/s1. The molecule has 16 heavy (non-hydrogen) atoms. The summed E-state index contributed by atoms with van der Waals surface area (Å²) in [6.45, 7) is 8.13. The van der Waals surface area contributed by atoms with Gasteiger partial charge >= 0.3 is 0 Å². The summed E-state index contributed by atoms with van der Waals surface area (Å²) in [6.07, 6.45) is 6.24. The second-order valence-electron chi connectivity index (χ2n) is 4.88. The van der Waals surface area contributed by atoms with Crippen LogP contribution in [0.5, 0.6) is 0 Å². The third kappa shape index (κ3) is 3.89. The minimum absolute atomic E-state index is 0.0626. The van der Waals surface area contributed by atoms with Crippen molar-refractivity contribution < 1.29 is 9.84 Å². The lowest BCUT2D eigenvalue weighted by Crippen LogP contribution is -2.45. The van der Waals surface area contributed by atoms with E-state index < -0.39 is 0 Å². The van der Waals surface area contributed by atoms with Crippen LogP contribution in [0.3, 0.4) is 0 Å². The van der Waals surface area contributed by atoms with Crippen LogP contribution < -0.4 is 0 Å². The Labute approximate surface area is 99.1 Å². The number of aliphatic hydroxyl groups is 1. The summed E-state index contributed by atoms with van der Waals surface area (Å²) in [4.78, 5) is 2.45. The number of nitrogens with zero attached hydrogens (tertiary/aromatic N) is 1. The van der Waals surface area contributed by atoms with E-state index in [0.29, 0.717) is 0 Å². The summed E-state index contributed by atoms with van der Waals surface area (Å²) in [5, 5.41) is 9.56. The van der Waals surface area contributed by atoms with Crippen molar-refractivity contribution in [2.45, 2.75) is 25.7 Å². The fourth-order valence-electron chi connectivity index (χ4n) is 2.60. The third-order valence-corrected chi connectivity index (χ3v) is 3.48. The second-order valence-corrected chi connectivity index (χ2v) is 4.88. The first kappa shape index (κ1) is 13.7. The predicted octanol–water partition coefficient (Wildman–Crippen LogP) is 1.67. The third-order valence-electron chi connectivity index (χ3n) is 3.48. The molecule has 0 radical (unpaired) electrons. The van der Waals surface area contributed by atoms with Gasteiger partial charge in [-0.3, -0.25) is 0 Å². The Morgan fingerprint density at radius 2 is 2.38 bits per heavy atom. The van der Waals surface area contributed by atoms with Crippen molar-refractivity contribution in [2.24, 2.45) is 5.41 Å². The van der Waals surface area contributed by atoms with Crippen LogP contribution in [0.15, 0.2) is 12.7 Å². The van der Waals surface area contributed by atoms with Gasteiger partial charge in [0.15, 0.2) is 0 Å². The number of hydrogen-bond donors (Lipinski definition) is 1. The Kier molecular flexibility index (Phi) is 6.03. The van der Waals surface area contributed by atoms with Crippen LogP contribution in [0.2, 0.25) is 0 Å². The lowest BCUT2D eigenvalue weighted by molar-refractivity contribution is 0.0309. The first-order valence-corrected chi connectivity index (χ1v) is 6.19. The summed E-state index contributed by atoms with van der Waals surface area (Å²) in [7, 11) is 1.74. The van der Waals surface area contributed by atoms with E-state index in [1.54, 1.807) is 7.11 Å². The van der Waals surface area contributed by atoms with Gasteiger partial charge in [-0.1, -0.05) is 6.08 Å². The number of ether oxygens (including phenoxy) is 1. The van der Waals surface area contributed by atoms with Crippen LogP contribution in [0.1, 0.15) is 25.7 Å². The molecule has 1 atom stereocenters. The number of hydrogen-bond acceptors (Lipinski definition) is 3. The summed E-state index contributed by atoms with van der Waals surface area (Å²) < 4.78 is 5.07. The smallest absolute Gasteiger partial charge is 0.0502 e. The molecule has 3 nitrogen and oxygen atoms in total. The van der Waals surface area contributed by atoms with E-state index in [0.717, 1.165) is 45.5 Å². The van der Waals surface area contributed by atoms with Crippen LogP contribution in [0, 0.1) is 5.41 Å². The van der Waals surface area contributed by atoms with Gasteiger partial charge in [0.1, 0.15) is 0 Å². The minimum Gasteiger partial charge on any atom is -0.396 e. The van der Waals surface area contributed by atoms with Gasteiger partial charge in [-0.25, -0.2) is 0 Å². The topological polar surface area (TPSA) is 32.7 Å². The van der Waals surface area contributed by atoms with Crippen molar-refractivity contribution in [3.05, 3.63) is 12.7 Å². The lowest BCUT2D eigenvalue weighted by Gasteiger charge is -2.41. The van der Waals surface area contributed by atoms with Crippen molar-refractivity contribution in [3.63, 3.8) is 0 Å². The number of aliphatic hydroxyl groups excluding tert-OH is 1. The maximum Gasteiger partial charge on any atom is 0.0502 e. The van der Waals surface area contributed by atoms with E-state index >= 15 is 0 Å². The molecule has 0 unspecified atom stereocenters. The quantitative estimate of drug-likeness (QED) is 0.530. The maximum absolute atomic E-state index is 9.56. The average molecular weight is 227 g/mol. The second kappa shape index (κ2) is 7.05. The highest BCUT2D eigenvalue weighted by Gasteiger charge is 2.33. The highest BCUT2D eigenvalue weighted by Crippen LogP contribution is 2.33. The largest absolute Gasteiger partial charge is 0.396 e. The average Bonchev–Trinajstić information content (AvgIpc) is 2.30. The van der Waals surface area contributed by atoms with Crippen molar-refractivity contribution in [1.82, 2.24) is 4.90 Å². The molecular weight excluding hydrogens is 202 g/mol. The summed E-state index contributed by atoms with van der Waals surface area (Å²) in [5.74, 6) is 0. The Balaban J connectivity index is 2.41. The normalized spacial score (nSPS) is 26.9. The first-order valence-electron chi connectivity index (χ1n) is 6.19. The van der Waals surface area contributed by atoms with Gasteiger partial charge in [0.2, 0.25) is 0 Å². The monoisotopic (exact) mass is 227 g/mol. The first-order chi connectivity index (χ1) is 7.76. The fraction of sp³-hybridized carbons (Fsp3) is 0.846. The summed E-state index contributed by atoms with van der Waals surface area (Å²) >= 11 is 0. The van der Waals surface area contributed by atoms with E-state index in [-0.39, 0.29) is 12.0 Å². The van der Waals surface area contributed by atoms with Crippen LogP contribution in [0.4, 0.5) is 0 Å². The molecule has 1 fully saturated rings. The van der Waals surface area contributed by atoms with E-state index in [9.17, 15) is 5.11 Å². The van der Waals surface area contributed by atoms with Crippen LogP contribution >= 0.6 is 0 Å². The molecule has 1 heterocycles. The molecule has 0 spiro atoms. The summed E-state index contributed by atoms with van der Waals surface area (Å²) in [5.41, 5.74) is 0.0626. The molecule has 0 aromatic rings. The van der Waals surface area contributed by atoms with Crippen molar-refractivity contribution in [2.75, 3.05) is 40.0 Å². The lowest BCUT2D eigenvalue weighted by atomic mass is 9.78. The van der Waals surface area contributed by atoms with E-state index in [1.807, 2.05) is 6.08 Å². The predicted molar refractivity (Wildman–Crippen MR) is 66.5 cm³/mol. The molecule has 0 aromatic heterocycles. The van der Waals surface area contributed by atoms with Gasteiger partial charge in [0.25, 0.3) is 0 Å². The molecule has 0 aliphatic carbocycles. The number of piperidine rings is 1. The molecule has 0 bridgehead atoms. The van der Waals surface area contributed by atoms with E-state index in [2.05, 4.69) is 11.5 Å². The molecule has 3 heteroatoms. The number of allylic oxidation sites excluding steroid dienone is 1. The van der Waals surface area contributed by atoms with Gasteiger partial charge < -0.3 is 14.7 Å². The van der Waals surface area contributed by atoms with Gasteiger partial charge in [-0.15, -0.1) is 6.58 Å². The summed E-state index contributed by atoms with van der Waals surface area (Å²) in [6, 6.07) is 0.